The summed E-state index contributed by atoms with van der Waals surface area (Å²) in [5.41, 5.74) is 8.08. The van der Waals surface area contributed by atoms with Gasteiger partial charge < -0.3 is 10.5 Å². The number of pyridine rings is 1. The molecule has 0 saturated carbocycles. The van der Waals surface area contributed by atoms with Gasteiger partial charge in [0.25, 0.3) is 0 Å². The molecule has 2 N–H and O–H groups in total. The summed E-state index contributed by atoms with van der Waals surface area (Å²) in [6.07, 6.45) is 3.64. The van der Waals surface area contributed by atoms with E-state index in [0.29, 0.717) is 12.2 Å². The van der Waals surface area contributed by atoms with Gasteiger partial charge in [0.1, 0.15) is 11.6 Å². The Kier molecular flexibility index (Phi) is 3.17. The molecule has 1 aliphatic rings. The minimum atomic E-state index is -0.356. The van der Waals surface area contributed by atoms with Gasteiger partial charge in [0, 0.05) is 18.2 Å². The summed E-state index contributed by atoms with van der Waals surface area (Å²) in [5.74, 6) is 0.701. The number of rotatable bonds is 2. The van der Waals surface area contributed by atoms with Gasteiger partial charge >= 0.3 is 0 Å². The molecule has 19 heavy (non-hydrogen) atoms. The first-order valence-electron chi connectivity index (χ1n) is 6.31. The Bertz CT molecular complexity index is 588. The highest BCUT2D eigenvalue weighted by atomic mass is 19.1. The predicted octanol–water partition coefficient (Wildman–Crippen LogP) is 2.47. The van der Waals surface area contributed by atoms with Crippen molar-refractivity contribution >= 4 is 0 Å². The first kappa shape index (κ1) is 12.1. The highest BCUT2D eigenvalue weighted by molar-refractivity contribution is 5.35. The van der Waals surface area contributed by atoms with E-state index in [-0.39, 0.29) is 17.8 Å². The molecule has 4 heteroatoms. The molecule has 0 fully saturated rings. The van der Waals surface area contributed by atoms with Gasteiger partial charge in [-0.05, 0) is 29.7 Å². The van der Waals surface area contributed by atoms with E-state index in [4.69, 9.17) is 10.5 Å². The second-order valence-corrected chi connectivity index (χ2v) is 4.85. The highest BCUT2D eigenvalue weighted by Crippen LogP contribution is 2.32. The van der Waals surface area contributed by atoms with Crippen molar-refractivity contribution in [1.29, 1.82) is 0 Å². The molecule has 1 aromatic heterocycles. The van der Waals surface area contributed by atoms with E-state index >= 15 is 0 Å². The fraction of sp³-hybridized carbons (Fsp3) is 0.267. The number of nitrogens with two attached hydrogens (primary N) is 1. The van der Waals surface area contributed by atoms with Gasteiger partial charge in [-0.2, -0.15) is 0 Å². The zero-order chi connectivity index (χ0) is 13.2. The fourth-order valence-electron chi connectivity index (χ4n) is 2.46. The number of aromatic nitrogens is 1. The van der Waals surface area contributed by atoms with Crippen molar-refractivity contribution in [2.24, 2.45) is 11.7 Å². The third kappa shape index (κ3) is 2.44. The van der Waals surface area contributed by atoms with E-state index in [0.717, 1.165) is 17.7 Å². The smallest absolute Gasteiger partial charge is 0.141 e. The molecule has 0 saturated heterocycles. The molecule has 98 valence electrons. The van der Waals surface area contributed by atoms with Crippen molar-refractivity contribution in [1.82, 2.24) is 4.98 Å². The largest absolute Gasteiger partial charge is 0.493 e. The van der Waals surface area contributed by atoms with Crippen LogP contribution in [0.15, 0.2) is 42.7 Å². The molecule has 2 unspecified atom stereocenters. The van der Waals surface area contributed by atoms with Gasteiger partial charge in [-0.25, -0.2) is 4.39 Å². The lowest BCUT2D eigenvalue weighted by atomic mass is 9.87. The van der Waals surface area contributed by atoms with Crippen LogP contribution in [0.2, 0.25) is 0 Å². The molecule has 0 aliphatic carbocycles. The average molecular weight is 258 g/mol. The van der Waals surface area contributed by atoms with Crippen LogP contribution in [0.3, 0.4) is 0 Å². The summed E-state index contributed by atoms with van der Waals surface area (Å²) in [6, 6.07) is 9.11. The van der Waals surface area contributed by atoms with Gasteiger partial charge in [-0.15, -0.1) is 0 Å². The zero-order valence-corrected chi connectivity index (χ0v) is 10.4. The van der Waals surface area contributed by atoms with Crippen LogP contribution in [-0.2, 0) is 6.42 Å². The van der Waals surface area contributed by atoms with Crippen molar-refractivity contribution in [2.75, 3.05) is 6.61 Å². The normalized spacial score (nSPS) is 19.4. The predicted molar refractivity (Wildman–Crippen MR) is 70.3 cm³/mol. The number of ether oxygens (including phenoxy) is 1. The number of hydrogen-bond acceptors (Lipinski definition) is 3. The fourth-order valence-corrected chi connectivity index (χ4v) is 2.46. The van der Waals surface area contributed by atoms with Crippen molar-refractivity contribution in [2.45, 2.75) is 12.5 Å². The summed E-state index contributed by atoms with van der Waals surface area (Å²) in [5, 5.41) is 0. The summed E-state index contributed by atoms with van der Waals surface area (Å²) >= 11 is 0. The topological polar surface area (TPSA) is 48.1 Å². The number of halogens is 1. The van der Waals surface area contributed by atoms with E-state index in [1.54, 1.807) is 6.20 Å². The van der Waals surface area contributed by atoms with E-state index in [1.807, 2.05) is 24.3 Å². The number of para-hydroxylation sites is 1. The lowest BCUT2D eigenvalue weighted by molar-refractivity contribution is 0.199. The molecule has 1 aliphatic heterocycles. The molecular formula is C15H15FN2O. The summed E-state index contributed by atoms with van der Waals surface area (Å²) in [7, 11) is 0. The first-order valence-corrected chi connectivity index (χ1v) is 6.31. The standard InChI is InChI=1S/C15H15FN2O/c16-13-6-11(7-18-8-13)15(17)12-5-10-3-1-2-4-14(10)19-9-12/h1-4,6-8,12,15H,5,9,17H2. The van der Waals surface area contributed by atoms with Crippen LogP contribution in [0.5, 0.6) is 5.75 Å². The lowest BCUT2D eigenvalue weighted by Crippen LogP contribution is -2.31. The van der Waals surface area contributed by atoms with Crippen molar-refractivity contribution in [3.63, 3.8) is 0 Å². The van der Waals surface area contributed by atoms with Crippen LogP contribution in [0.25, 0.3) is 0 Å². The molecule has 0 amide bonds. The number of nitrogens with zero attached hydrogens (tertiary/aromatic N) is 1. The number of fused-ring (bicyclic) bond motifs is 1. The lowest BCUT2D eigenvalue weighted by Gasteiger charge is -2.29. The molecule has 1 aromatic carbocycles. The third-order valence-electron chi connectivity index (χ3n) is 3.53. The quantitative estimate of drug-likeness (QED) is 0.900. The summed E-state index contributed by atoms with van der Waals surface area (Å²) in [6.45, 7) is 0.550. The summed E-state index contributed by atoms with van der Waals surface area (Å²) in [4.78, 5) is 3.85. The minimum absolute atomic E-state index is 0.137. The maximum Gasteiger partial charge on any atom is 0.141 e. The van der Waals surface area contributed by atoms with Gasteiger partial charge in [0.2, 0.25) is 0 Å². The number of benzene rings is 1. The Morgan fingerprint density at radius 3 is 3.00 bits per heavy atom. The molecule has 2 aromatic rings. The van der Waals surface area contributed by atoms with Crippen LogP contribution in [0, 0.1) is 11.7 Å². The Labute approximate surface area is 111 Å². The third-order valence-corrected chi connectivity index (χ3v) is 3.53. The van der Waals surface area contributed by atoms with Gasteiger partial charge in [0.05, 0.1) is 12.8 Å². The molecule has 0 radical (unpaired) electrons. The Hall–Kier alpha value is -1.94. The molecular weight excluding hydrogens is 243 g/mol. The molecule has 0 spiro atoms. The van der Waals surface area contributed by atoms with E-state index in [1.165, 1.54) is 12.3 Å². The average Bonchev–Trinajstić information content (AvgIpc) is 2.46. The molecule has 3 rings (SSSR count). The molecule has 2 heterocycles. The summed E-state index contributed by atoms with van der Waals surface area (Å²) < 4.78 is 18.9. The minimum Gasteiger partial charge on any atom is -0.493 e. The highest BCUT2D eigenvalue weighted by Gasteiger charge is 2.26. The first-order chi connectivity index (χ1) is 9.24. The molecule has 0 bridgehead atoms. The maximum atomic E-state index is 13.2. The second kappa shape index (κ2) is 4.97. The zero-order valence-electron chi connectivity index (χ0n) is 10.4. The van der Waals surface area contributed by atoms with Crippen LogP contribution in [0.4, 0.5) is 4.39 Å². The Morgan fingerprint density at radius 1 is 1.32 bits per heavy atom. The molecule has 2 atom stereocenters. The van der Waals surface area contributed by atoms with Crippen LogP contribution in [0.1, 0.15) is 17.2 Å². The van der Waals surface area contributed by atoms with Gasteiger partial charge in [0.15, 0.2) is 0 Å². The van der Waals surface area contributed by atoms with Crippen LogP contribution in [-0.4, -0.2) is 11.6 Å². The van der Waals surface area contributed by atoms with Crippen molar-refractivity contribution < 1.29 is 9.13 Å². The van der Waals surface area contributed by atoms with Crippen LogP contribution >= 0.6 is 0 Å². The van der Waals surface area contributed by atoms with Crippen molar-refractivity contribution in [3.05, 3.63) is 59.7 Å². The SMILES string of the molecule is NC(c1cncc(F)c1)C1COc2ccccc2C1. The van der Waals surface area contributed by atoms with Crippen LogP contribution < -0.4 is 10.5 Å². The Balaban J connectivity index is 1.81. The van der Waals surface area contributed by atoms with E-state index < -0.39 is 0 Å². The maximum absolute atomic E-state index is 13.2. The second-order valence-electron chi connectivity index (χ2n) is 4.85. The van der Waals surface area contributed by atoms with Gasteiger partial charge in [-0.3, -0.25) is 4.98 Å². The Morgan fingerprint density at radius 2 is 2.16 bits per heavy atom. The van der Waals surface area contributed by atoms with E-state index in [9.17, 15) is 4.39 Å². The van der Waals surface area contributed by atoms with E-state index in [2.05, 4.69) is 4.98 Å². The number of hydrogen-bond donors (Lipinski definition) is 1. The van der Waals surface area contributed by atoms with Crippen molar-refractivity contribution in [3.8, 4) is 5.75 Å². The van der Waals surface area contributed by atoms with Gasteiger partial charge in [-0.1, -0.05) is 18.2 Å². The monoisotopic (exact) mass is 258 g/mol. The molecule has 3 nitrogen and oxygen atoms in total.